The zero-order valence-corrected chi connectivity index (χ0v) is 15.1. The van der Waals surface area contributed by atoms with Crippen LogP contribution in [-0.2, 0) is 5.41 Å². The molecule has 131 valence electrons. The fourth-order valence-electron chi connectivity index (χ4n) is 5.04. The van der Waals surface area contributed by atoms with Gasteiger partial charge >= 0.3 is 7.48 Å². The number of hydrogen-bond acceptors (Lipinski definition) is 2. The molecular weight excluding hydrogens is 343 g/mol. The van der Waals surface area contributed by atoms with Crippen molar-refractivity contribution >= 4 is 12.9 Å². The normalized spacial score (nSPS) is 14.5. The van der Waals surface area contributed by atoms with Gasteiger partial charge < -0.3 is 9.76 Å². The molecule has 4 aromatic rings. The van der Waals surface area contributed by atoms with Gasteiger partial charge in [-0.25, -0.2) is 0 Å². The van der Waals surface area contributed by atoms with Crippen molar-refractivity contribution < 1.29 is 9.76 Å². The molecule has 0 saturated carbocycles. The molecule has 6 rings (SSSR count). The quantitative estimate of drug-likeness (QED) is 0.441. The van der Waals surface area contributed by atoms with Gasteiger partial charge in [0.25, 0.3) is 0 Å². The van der Waals surface area contributed by atoms with E-state index in [0.29, 0.717) is 0 Å². The minimum absolute atomic E-state index is 0.462. The van der Waals surface area contributed by atoms with Crippen molar-refractivity contribution in [2.75, 3.05) is 0 Å². The summed E-state index contributed by atoms with van der Waals surface area (Å²) in [4.78, 5) is 0. The highest BCUT2D eigenvalue weighted by Gasteiger charge is 2.51. The molecule has 1 radical (unpaired) electrons. The first-order chi connectivity index (χ1) is 13.9. The van der Waals surface area contributed by atoms with Crippen LogP contribution in [0.15, 0.2) is 91.0 Å². The van der Waals surface area contributed by atoms with Gasteiger partial charge in [0.1, 0.15) is 11.5 Å². The van der Waals surface area contributed by atoms with E-state index in [0.717, 1.165) is 39.2 Å². The molecule has 0 saturated heterocycles. The molecule has 0 bridgehead atoms. The summed E-state index contributed by atoms with van der Waals surface area (Å²) in [5.41, 5.74) is 7.29. The molecule has 2 nitrogen and oxygen atoms in total. The van der Waals surface area contributed by atoms with Crippen molar-refractivity contribution in [3.05, 3.63) is 113 Å². The molecular formula is C25H16BO2. The second-order valence-corrected chi connectivity index (χ2v) is 7.29. The van der Waals surface area contributed by atoms with E-state index in [2.05, 4.69) is 54.6 Å². The smallest absolute Gasteiger partial charge is 0.327 e. The third-order valence-electron chi connectivity index (χ3n) is 6.04. The number of fused-ring (bicyclic) bond motifs is 9. The second kappa shape index (κ2) is 5.60. The zero-order valence-electron chi connectivity index (χ0n) is 15.1. The van der Waals surface area contributed by atoms with Gasteiger partial charge in [0.05, 0.1) is 5.41 Å². The summed E-state index contributed by atoms with van der Waals surface area (Å²) in [5.74, 6) is 1.75. The monoisotopic (exact) mass is 359 g/mol. The minimum atomic E-state index is -0.462. The number of rotatable bonds is 1. The van der Waals surface area contributed by atoms with Gasteiger partial charge in [0, 0.05) is 11.1 Å². The molecule has 1 aliphatic carbocycles. The van der Waals surface area contributed by atoms with Crippen LogP contribution in [0.4, 0.5) is 0 Å². The number of ether oxygens (including phenoxy) is 1. The molecule has 28 heavy (non-hydrogen) atoms. The fraction of sp³-hybridized carbons (Fsp3) is 0.0400. The molecule has 1 heterocycles. The van der Waals surface area contributed by atoms with Gasteiger partial charge in [-0.1, -0.05) is 78.9 Å². The van der Waals surface area contributed by atoms with Crippen molar-refractivity contribution in [1.29, 1.82) is 0 Å². The lowest BCUT2D eigenvalue weighted by Gasteiger charge is -2.39. The first kappa shape index (κ1) is 15.7. The SMILES string of the molecule is O[B]c1cccc2c1-c1ccccc1C21c2ccccc2Oc2ccccc21. The van der Waals surface area contributed by atoms with Gasteiger partial charge in [-0.3, -0.25) is 0 Å². The van der Waals surface area contributed by atoms with Crippen molar-refractivity contribution in [3.63, 3.8) is 0 Å². The molecule has 1 aliphatic heterocycles. The van der Waals surface area contributed by atoms with E-state index in [1.54, 1.807) is 0 Å². The van der Waals surface area contributed by atoms with Crippen LogP contribution < -0.4 is 10.2 Å². The van der Waals surface area contributed by atoms with Crippen molar-refractivity contribution in [3.8, 4) is 22.6 Å². The fourth-order valence-corrected chi connectivity index (χ4v) is 5.04. The van der Waals surface area contributed by atoms with Crippen LogP contribution in [0.1, 0.15) is 22.3 Å². The third-order valence-corrected chi connectivity index (χ3v) is 6.04. The molecule has 1 spiro atoms. The lowest BCUT2D eigenvalue weighted by atomic mass is 9.65. The largest absolute Gasteiger partial charge is 0.457 e. The van der Waals surface area contributed by atoms with Crippen LogP contribution in [-0.4, -0.2) is 12.5 Å². The topological polar surface area (TPSA) is 29.5 Å². The van der Waals surface area contributed by atoms with Crippen LogP contribution in [0, 0.1) is 0 Å². The predicted octanol–water partition coefficient (Wildman–Crippen LogP) is 4.39. The third kappa shape index (κ3) is 1.77. The molecule has 4 aromatic carbocycles. The lowest BCUT2D eigenvalue weighted by Crippen LogP contribution is -2.32. The van der Waals surface area contributed by atoms with Crippen LogP contribution in [0.25, 0.3) is 11.1 Å². The number of benzene rings is 4. The molecule has 0 fully saturated rings. The molecule has 0 amide bonds. The van der Waals surface area contributed by atoms with Gasteiger partial charge in [-0.2, -0.15) is 0 Å². The van der Waals surface area contributed by atoms with Gasteiger partial charge in [0.15, 0.2) is 0 Å². The molecule has 1 N–H and O–H groups in total. The maximum absolute atomic E-state index is 9.95. The van der Waals surface area contributed by atoms with E-state index in [1.807, 2.05) is 36.4 Å². The van der Waals surface area contributed by atoms with Gasteiger partial charge in [-0.05, 0) is 39.8 Å². The summed E-state index contributed by atoms with van der Waals surface area (Å²) in [6, 6.07) is 31.2. The summed E-state index contributed by atoms with van der Waals surface area (Å²) >= 11 is 0. The highest BCUT2D eigenvalue weighted by Crippen LogP contribution is 2.61. The van der Waals surface area contributed by atoms with Crippen molar-refractivity contribution in [2.45, 2.75) is 5.41 Å². The maximum atomic E-state index is 9.95. The Morgan fingerprint density at radius 3 is 1.86 bits per heavy atom. The highest BCUT2D eigenvalue weighted by molar-refractivity contribution is 6.48. The lowest BCUT2D eigenvalue weighted by molar-refractivity contribution is 0.436. The Labute approximate surface area is 164 Å². The van der Waals surface area contributed by atoms with Gasteiger partial charge in [0.2, 0.25) is 0 Å². The molecule has 2 aliphatic rings. The zero-order chi connectivity index (χ0) is 18.7. The summed E-state index contributed by atoms with van der Waals surface area (Å²) in [5, 5.41) is 9.95. The van der Waals surface area contributed by atoms with E-state index in [1.165, 1.54) is 18.6 Å². The van der Waals surface area contributed by atoms with Crippen LogP contribution >= 0.6 is 0 Å². The van der Waals surface area contributed by atoms with Gasteiger partial charge in [-0.15, -0.1) is 0 Å². The molecule has 0 unspecified atom stereocenters. The van der Waals surface area contributed by atoms with E-state index in [4.69, 9.17) is 4.74 Å². The average Bonchev–Trinajstić information content (AvgIpc) is 3.06. The summed E-state index contributed by atoms with van der Waals surface area (Å²) in [6.45, 7) is 0. The average molecular weight is 359 g/mol. The van der Waals surface area contributed by atoms with E-state index in [-0.39, 0.29) is 0 Å². The number of para-hydroxylation sites is 2. The first-order valence-corrected chi connectivity index (χ1v) is 9.43. The summed E-state index contributed by atoms with van der Waals surface area (Å²) in [7, 11) is 1.21. The Morgan fingerprint density at radius 2 is 1.18 bits per heavy atom. The highest BCUT2D eigenvalue weighted by atomic mass is 16.5. The second-order valence-electron chi connectivity index (χ2n) is 7.29. The Morgan fingerprint density at radius 1 is 0.607 bits per heavy atom. The van der Waals surface area contributed by atoms with E-state index < -0.39 is 5.41 Å². The minimum Gasteiger partial charge on any atom is -0.457 e. The standard InChI is InChI=1S/C25H16BO2/c27-26-21-13-7-12-20-24(21)16-8-1-2-9-17(16)25(20)18-10-3-5-14-22(18)28-23-15-6-4-11-19(23)25/h1-15,27H. The molecule has 3 heteroatoms. The Balaban J connectivity index is 1.86. The number of hydrogen-bond donors (Lipinski definition) is 1. The van der Waals surface area contributed by atoms with E-state index in [9.17, 15) is 5.02 Å². The summed E-state index contributed by atoms with van der Waals surface area (Å²) in [6.07, 6.45) is 0. The predicted molar refractivity (Wildman–Crippen MR) is 111 cm³/mol. The van der Waals surface area contributed by atoms with Crippen molar-refractivity contribution in [1.82, 2.24) is 0 Å². The molecule has 0 aromatic heterocycles. The van der Waals surface area contributed by atoms with Crippen LogP contribution in [0.5, 0.6) is 11.5 Å². The first-order valence-electron chi connectivity index (χ1n) is 9.43. The Bertz CT molecular complexity index is 1200. The van der Waals surface area contributed by atoms with Crippen LogP contribution in [0.2, 0.25) is 0 Å². The van der Waals surface area contributed by atoms with E-state index >= 15 is 0 Å². The molecule has 0 atom stereocenters. The Hall–Kier alpha value is -3.30. The summed E-state index contributed by atoms with van der Waals surface area (Å²) < 4.78 is 6.29. The van der Waals surface area contributed by atoms with Crippen LogP contribution in [0.3, 0.4) is 0 Å². The maximum Gasteiger partial charge on any atom is 0.327 e. The van der Waals surface area contributed by atoms with Crippen molar-refractivity contribution in [2.24, 2.45) is 0 Å². The Kier molecular flexibility index (Phi) is 3.15.